The molecule has 0 bridgehead atoms. The molecule has 5 nitrogen and oxygen atoms in total. The van der Waals surface area contributed by atoms with Crippen LogP contribution in [0.4, 0.5) is 13.2 Å². The summed E-state index contributed by atoms with van der Waals surface area (Å²) in [4.78, 5) is 13.9. The average Bonchev–Trinajstić information content (AvgIpc) is 2.97. The molecule has 8 heteroatoms. The normalized spacial score (nSPS) is 14.3. The van der Waals surface area contributed by atoms with Crippen molar-refractivity contribution < 1.29 is 18.0 Å². The van der Waals surface area contributed by atoms with Gasteiger partial charge >= 0.3 is 6.18 Å². The van der Waals surface area contributed by atoms with Gasteiger partial charge in [-0.25, -0.2) is 0 Å². The topological polar surface area (TPSA) is 61.0 Å². The molecule has 3 rings (SSSR count). The molecule has 0 atom stereocenters. The van der Waals surface area contributed by atoms with Crippen LogP contribution in [0.2, 0.25) is 0 Å². The van der Waals surface area contributed by atoms with E-state index in [2.05, 4.69) is 15.5 Å². The number of benzene rings is 1. The number of hydrogen-bond donors (Lipinski definition) is 2. The molecule has 2 aromatic rings. The van der Waals surface area contributed by atoms with Gasteiger partial charge in [-0.1, -0.05) is 12.1 Å². The monoisotopic (exact) mass is 338 g/mol. The fourth-order valence-electron chi connectivity index (χ4n) is 2.77. The lowest BCUT2D eigenvalue weighted by Gasteiger charge is -2.19. The highest BCUT2D eigenvalue weighted by atomic mass is 19.4. The Hall–Kier alpha value is -2.35. The summed E-state index contributed by atoms with van der Waals surface area (Å²) >= 11 is 0. The standard InChI is InChI=1S/C16H17F3N4O/c1-23(9-10-3-2-4-11(7-10)16(17,18)19)15(24)14-12-8-20-6-5-13(12)21-22-14/h2-4,7,20H,5-6,8-9H2,1H3,(H,21,22). The highest BCUT2D eigenvalue weighted by Crippen LogP contribution is 2.29. The lowest BCUT2D eigenvalue weighted by molar-refractivity contribution is -0.137. The molecule has 1 aliphatic rings. The molecule has 0 spiro atoms. The molecule has 0 saturated carbocycles. The highest BCUT2D eigenvalue weighted by molar-refractivity contribution is 5.93. The number of fused-ring (bicyclic) bond motifs is 1. The molecule has 0 radical (unpaired) electrons. The largest absolute Gasteiger partial charge is 0.416 e. The van der Waals surface area contributed by atoms with Crippen molar-refractivity contribution in [3.63, 3.8) is 0 Å². The van der Waals surface area contributed by atoms with Crippen LogP contribution < -0.4 is 5.32 Å². The Bertz CT molecular complexity index is 754. The highest BCUT2D eigenvalue weighted by Gasteiger charge is 2.30. The minimum absolute atomic E-state index is 0.0812. The van der Waals surface area contributed by atoms with Gasteiger partial charge in [0, 0.05) is 44.4 Å². The van der Waals surface area contributed by atoms with E-state index in [1.54, 1.807) is 13.1 Å². The van der Waals surface area contributed by atoms with Crippen LogP contribution in [0.5, 0.6) is 0 Å². The van der Waals surface area contributed by atoms with E-state index in [4.69, 9.17) is 0 Å². The number of hydrogen-bond acceptors (Lipinski definition) is 3. The maximum Gasteiger partial charge on any atom is 0.416 e. The van der Waals surface area contributed by atoms with E-state index in [9.17, 15) is 18.0 Å². The Morgan fingerprint density at radius 3 is 2.92 bits per heavy atom. The van der Waals surface area contributed by atoms with E-state index in [1.807, 2.05) is 0 Å². The van der Waals surface area contributed by atoms with Gasteiger partial charge in [-0.3, -0.25) is 9.89 Å². The zero-order valence-corrected chi connectivity index (χ0v) is 13.1. The predicted molar refractivity (Wildman–Crippen MR) is 81.2 cm³/mol. The number of rotatable bonds is 3. The molecule has 0 unspecified atom stereocenters. The molecule has 0 aliphatic carbocycles. The second-order valence-electron chi connectivity index (χ2n) is 5.82. The Labute approximate surface area is 136 Å². The molecule has 1 amide bonds. The van der Waals surface area contributed by atoms with E-state index in [0.29, 0.717) is 17.8 Å². The molecule has 0 saturated heterocycles. The number of carbonyl (C=O) groups excluding carboxylic acids is 1. The molecule has 0 fully saturated rings. The Morgan fingerprint density at radius 2 is 2.17 bits per heavy atom. The molecule has 24 heavy (non-hydrogen) atoms. The first-order valence-corrected chi connectivity index (χ1v) is 7.54. The summed E-state index contributed by atoms with van der Waals surface area (Å²) in [6, 6.07) is 4.99. The number of aromatic nitrogens is 2. The molecule has 128 valence electrons. The van der Waals surface area contributed by atoms with Gasteiger partial charge in [0.15, 0.2) is 5.69 Å². The van der Waals surface area contributed by atoms with Crippen molar-refractivity contribution in [1.82, 2.24) is 20.4 Å². The van der Waals surface area contributed by atoms with Gasteiger partial charge in [-0.15, -0.1) is 0 Å². The fourth-order valence-corrected chi connectivity index (χ4v) is 2.77. The number of halogens is 3. The van der Waals surface area contributed by atoms with Crippen LogP contribution in [0.15, 0.2) is 24.3 Å². The van der Waals surface area contributed by atoms with Crippen molar-refractivity contribution in [2.24, 2.45) is 0 Å². The third-order valence-electron chi connectivity index (χ3n) is 4.03. The number of H-pyrrole nitrogens is 1. The molecule has 2 heterocycles. The molecular formula is C16H17F3N4O. The van der Waals surface area contributed by atoms with Crippen LogP contribution in [-0.2, 0) is 25.7 Å². The zero-order valence-electron chi connectivity index (χ0n) is 13.1. The van der Waals surface area contributed by atoms with Gasteiger partial charge in [0.25, 0.3) is 5.91 Å². The van der Waals surface area contributed by atoms with Crippen molar-refractivity contribution in [3.8, 4) is 0 Å². The van der Waals surface area contributed by atoms with Crippen LogP contribution in [-0.4, -0.2) is 34.6 Å². The van der Waals surface area contributed by atoms with Gasteiger partial charge in [-0.2, -0.15) is 18.3 Å². The number of aromatic amines is 1. The Balaban J connectivity index is 1.76. The lowest BCUT2D eigenvalue weighted by Crippen LogP contribution is -2.30. The molecule has 1 aromatic heterocycles. The number of amides is 1. The number of nitrogens with zero attached hydrogens (tertiary/aromatic N) is 2. The predicted octanol–water partition coefficient (Wildman–Crippen LogP) is 2.35. The molecule has 1 aromatic carbocycles. The van der Waals surface area contributed by atoms with Gasteiger partial charge < -0.3 is 10.2 Å². The fraction of sp³-hybridized carbons (Fsp3) is 0.375. The van der Waals surface area contributed by atoms with E-state index >= 15 is 0 Å². The van der Waals surface area contributed by atoms with E-state index in [1.165, 1.54) is 11.0 Å². The number of carbonyl (C=O) groups is 1. The molecular weight excluding hydrogens is 321 g/mol. The summed E-state index contributed by atoms with van der Waals surface area (Å²) in [6.07, 6.45) is -3.63. The Morgan fingerprint density at radius 1 is 1.38 bits per heavy atom. The van der Waals surface area contributed by atoms with Crippen LogP contribution >= 0.6 is 0 Å². The van der Waals surface area contributed by atoms with Crippen molar-refractivity contribution in [1.29, 1.82) is 0 Å². The van der Waals surface area contributed by atoms with Crippen molar-refractivity contribution in [3.05, 3.63) is 52.3 Å². The van der Waals surface area contributed by atoms with E-state index in [0.717, 1.165) is 36.4 Å². The van der Waals surface area contributed by atoms with E-state index < -0.39 is 11.7 Å². The quantitative estimate of drug-likeness (QED) is 0.903. The molecule has 2 N–H and O–H groups in total. The second-order valence-corrected chi connectivity index (χ2v) is 5.82. The van der Waals surface area contributed by atoms with Crippen molar-refractivity contribution in [2.75, 3.05) is 13.6 Å². The summed E-state index contributed by atoms with van der Waals surface area (Å²) < 4.78 is 38.3. The first-order chi connectivity index (χ1) is 11.4. The summed E-state index contributed by atoms with van der Waals surface area (Å²) in [5, 5.41) is 10.1. The summed E-state index contributed by atoms with van der Waals surface area (Å²) in [7, 11) is 1.56. The first-order valence-electron chi connectivity index (χ1n) is 7.54. The van der Waals surface area contributed by atoms with Crippen LogP contribution in [0, 0.1) is 0 Å². The average molecular weight is 338 g/mol. The third-order valence-corrected chi connectivity index (χ3v) is 4.03. The van der Waals surface area contributed by atoms with Crippen LogP contribution in [0.1, 0.15) is 32.9 Å². The van der Waals surface area contributed by atoms with Gasteiger partial charge in [0.05, 0.1) is 5.56 Å². The van der Waals surface area contributed by atoms with Crippen LogP contribution in [0.25, 0.3) is 0 Å². The Kier molecular flexibility index (Phi) is 4.31. The van der Waals surface area contributed by atoms with Gasteiger partial charge in [0.1, 0.15) is 0 Å². The van der Waals surface area contributed by atoms with Crippen molar-refractivity contribution >= 4 is 5.91 Å². The minimum atomic E-state index is -4.40. The lowest BCUT2D eigenvalue weighted by atomic mass is 10.1. The van der Waals surface area contributed by atoms with Gasteiger partial charge in [0.2, 0.25) is 0 Å². The second kappa shape index (κ2) is 6.27. The van der Waals surface area contributed by atoms with Gasteiger partial charge in [-0.05, 0) is 17.7 Å². The van der Waals surface area contributed by atoms with E-state index in [-0.39, 0.29) is 12.5 Å². The first kappa shape index (κ1) is 16.5. The van der Waals surface area contributed by atoms with Crippen molar-refractivity contribution in [2.45, 2.75) is 25.7 Å². The SMILES string of the molecule is CN(Cc1cccc(C(F)(F)F)c1)C(=O)c1n[nH]c2c1CNCC2. The molecule has 1 aliphatic heterocycles. The minimum Gasteiger partial charge on any atom is -0.336 e. The summed E-state index contributed by atoms with van der Waals surface area (Å²) in [6.45, 7) is 1.46. The number of alkyl halides is 3. The maximum absolute atomic E-state index is 12.8. The smallest absolute Gasteiger partial charge is 0.336 e. The zero-order chi connectivity index (χ0) is 17.3. The van der Waals surface area contributed by atoms with Crippen LogP contribution in [0.3, 0.4) is 0 Å². The maximum atomic E-state index is 12.8. The summed E-state index contributed by atoms with van der Waals surface area (Å²) in [5.74, 6) is -0.311. The third kappa shape index (κ3) is 3.28. The summed E-state index contributed by atoms with van der Waals surface area (Å²) in [5.41, 5.74) is 1.80. The number of nitrogens with one attached hydrogen (secondary N) is 2.